The Morgan fingerprint density at radius 3 is 2.59 bits per heavy atom. The maximum Gasteiger partial charge on any atom is 0.248 e. The van der Waals surface area contributed by atoms with Crippen molar-refractivity contribution in [3.8, 4) is 22.6 Å². The number of hydrogen-bond donors (Lipinski definition) is 2. The van der Waals surface area contributed by atoms with E-state index in [0.29, 0.717) is 39.2 Å². The summed E-state index contributed by atoms with van der Waals surface area (Å²) in [6, 6.07) is 11.3. The molecule has 2 heterocycles. The molecular weight excluding hydrogens is 552 g/mol. The number of halogens is 3. The number of nitrogens with one attached hydrogen (secondary N) is 2. The zero-order valence-electron chi connectivity index (χ0n) is 22.7. The molecule has 1 atom stereocenters. The van der Waals surface area contributed by atoms with Crippen LogP contribution in [0.2, 0.25) is 5.02 Å². The van der Waals surface area contributed by atoms with Crippen LogP contribution in [0.5, 0.6) is 11.5 Å². The predicted molar refractivity (Wildman–Crippen MR) is 156 cm³/mol. The highest BCUT2D eigenvalue weighted by molar-refractivity contribution is 6.31. The van der Waals surface area contributed by atoms with Crippen LogP contribution in [0.25, 0.3) is 22.0 Å². The third-order valence-electron chi connectivity index (χ3n) is 7.07. The zero-order chi connectivity index (χ0) is 29.1. The third-order valence-corrected chi connectivity index (χ3v) is 7.42. The number of amides is 1. The SMILES string of the molecule is COc1ccc(-c2c(NC(=O)C=CC3CCCN3C)ccc3ncnc(Nc4ccc(F)c(Cl)c4F)c23)cc1OC. The second-order valence-electron chi connectivity index (χ2n) is 9.56. The lowest BCUT2D eigenvalue weighted by atomic mass is 9.97. The fraction of sp³-hybridized carbons (Fsp3) is 0.233. The van der Waals surface area contributed by atoms with Gasteiger partial charge in [-0.25, -0.2) is 18.7 Å². The summed E-state index contributed by atoms with van der Waals surface area (Å²) in [7, 11) is 5.09. The molecule has 8 nitrogen and oxygen atoms in total. The number of likely N-dealkylation sites (N-methyl/N-ethyl adjacent to an activating group) is 1. The van der Waals surface area contributed by atoms with Crippen molar-refractivity contribution < 1.29 is 23.0 Å². The Morgan fingerprint density at radius 1 is 1.07 bits per heavy atom. The molecule has 0 aliphatic carbocycles. The van der Waals surface area contributed by atoms with E-state index in [9.17, 15) is 13.6 Å². The summed E-state index contributed by atoms with van der Waals surface area (Å²) in [5, 5.41) is 5.75. The number of anilines is 3. The number of hydrogen-bond acceptors (Lipinski definition) is 7. The Kier molecular flexibility index (Phi) is 8.32. The van der Waals surface area contributed by atoms with Crippen molar-refractivity contribution in [2.45, 2.75) is 18.9 Å². The molecule has 1 aliphatic rings. The molecule has 2 N–H and O–H groups in total. The monoisotopic (exact) mass is 579 g/mol. The minimum atomic E-state index is -0.961. The zero-order valence-corrected chi connectivity index (χ0v) is 23.4. The first-order chi connectivity index (χ1) is 19.8. The van der Waals surface area contributed by atoms with Gasteiger partial charge in [-0.2, -0.15) is 0 Å². The van der Waals surface area contributed by atoms with Crippen LogP contribution in [0.15, 0.2) is 60.9 Å². The molecule has 1 unspecified atom stereocenters. The van der Waals surface area contributed by atoms with Crippen molar-refractivity contribution in [1.82, 2.24) is 14.9 Å². The summed E-state index contributed by atoms with van der Waals surface area (Å²) < 4.78 is 39.6. The minimum Gasteiger partial charge on any atom is -0.493 e. The summed E-state index contributed by atoms with van der Waals surface area (Å²) in [6.45, 7) is 0.986. The van der Waals surface area contributed by atoms with E-state index in [1.54, 1.807) is 30.3 Å². The Balaban J connectivity index is 1.65. The fourth-order valence-electron chi connectivity index (χ4n) is 4.94. The average Bonchev–Trinajstić information content (AvgIpc) is 3.40. The summed E-state index contributed by atoms with van der Waals surface area (Å²) in [5.74, 6) is -0.947. The molecule has 0 bridgehead atoms. The highest BCUT2D eigenvalue weighted by Crippen LogP contribution is 2.42. The number of rotatable bonds is 8. The van der Waals surface area contributed by atoms with E-state index in [0.717, 1.165) is 25.5 Å². The molecule has 4 aromatic rings. The summed E-state index contributed by atoms with van der Waals surface area (Å²) >= 11 is 5.82. The van der Waals surface area contributed by atoms with Gasteiger partial charge in [-0.1, -0.05) is 23.7 Å². The van der Waals surface area contributed by atoms with Crippen molar-refractivity contribution in [1.29, 1.82) is 0 Å². The van der Waals surface area contributed by atoms with Crippen molar-refractivity contribution in [2.75, 3.05) is 38.4 Å². The molecule has 1 aromatic heterocycles. The van der Waals surface area contributed by atoms with E-state index in [1.165, 1.54) is 32.7 Å². The van der Waals surface area contributed by atoms with Crippen LogP contribution in [0.1, 0.15) is 12.8 Å². The van der Waals surface area contributed by atoms with E-state index in [-0.39, 0.29) is 23.5 Å². The lowest BCUT2D eigenvalue weighted by molar-refractivity contribution is -0.111. The Hall–Kier alpha value is -4.28. The van der Waals surface area contributed by atoms with Crippen LogP contribution in [-0.4, -0.2) is 54.6 Å². The van der Waals surface area contributed by atoms with Crippen LogP contribution < -0.4 is 20.1 Å². The number of fused-ring (bicyclic) bond motifs is 1. The van der Waals surface area contributed by atoms with E-state index in [2.05, 4.69) is 25.5 Å². The Labute approximate surface area is 241 Å². The number of benzene rings is 3. The highest BCUT2D eigenvalue weighted by atomic mass is 35.5. The molecule has 212 valence electrons. The van der Waals surface area contributed by atoms with E-state index < -0.39 is 16.7 Å². The van der Waals surface area contributed by atoms with Gasteiger partial charge in [0.25, 0.3) is 0 Å². The van der Waals surface area contributed by atoms with Gasteiger partial charge in [-0.05, 0) is 68.4 Å². The van der Waals surface area contributed by atoms with Gasteiger partial charge < -0.3 is 20.1 Å². The Bertz CT molecular complexity index is 1650. The second-order valence-corrected chi connectivity index (χ2v) is 9.94. The molecule has 1 saturated heterocycles. The Morgan fingerprint density at radius 2 is 1.85 bits per heavy atom. The number of ether oxygens (including phenoxy) is 2. The number of likely N-dealkylation sites (tertiary alicyclic amines) is 1. The number of carbonyl (C=O) groups is 1. The van der Waals surface area contributed by atoms with Gasteiger partial charge in [-0.15, -0.1) is 0 Å². The fourth-order valence-corrected chi connectivity index (χ4v) is 5.11. The lowest BCUT2D eigenvalue weighted by Crippen LogP contribution is -2.23. The first kappa shape index (κ1) is 28.3. The van der Waals surface area contributed by atoms with E-state index in [4.69, 9.17) is 21.1 Å². The molecule has 0 radical (unpaired) electrons. The second kappa shape index (κ2) is 12.1. The molecule has 0 saturated carbocycles. The van der Waals surface area contributed by atoms with Crippen LogP contribution in [0.4, 0.5) is 26.0 Å². The van der Waals surface area contributed by atoms with Crippen molar-refractivity contribution >= 4 is 45.6 Å². The molecule has 41 heavy (non-hydrogen) atoms. The van der Waals surface area contributed by atoms with Crippen molar-refractivity contribution in [2.24, 2.45) is 0 Å². The molecule has 1 fully saturated rings. The molecule has 1 aliphatic heterocycles. The smallest absolute Gasteiger partial charge is 0.248 e. The van der Waals surface area contributed by atoms with E-state index in [1.807, 2.05) is 13.1 Å². The number of nitrogens with zero attached hydrogens (tertiary/aromatic N) is 3. The average molecular weight is 580 g/mol. The quantitative estimate of drug-likeness (QED) is 0.180. The molecule has 3 aromatic carbocycles. The highest BCUT2D eigenvalue weighted by Gasteiger charge is 2.21. The first-order valence-electron chi connectivity index (χ1n) is 12.9. The largest absolute Gasteiger partial charge is 0.493 e. The normalized spacial score (nSPS) is 15.4. The first-order valence-corrected chi connectivity index (χ1v) is 13.3. The van der Waals surface area contributed by atoms with Gasteiger partial charge in [0.2, 0.25) is 5.91 Å². The van der Waals surface area contributed by atoms with Crippen LogP contribution in [-0.2, 0) is 4.79 Å². The van der Waals surface area contributed by atoms with Crippen LogP contribution >= 0.6 is 11.6 Å². The standard InChI is InChI=1S/C30H28ClF2N5O3/c1-38-14-4-5-18(38)7-13-25(39)36-21-11-10-20-27(26(21)17-6-12-23(40-2)24(15-17)41-3)30(35-16-34-20)37-22-9-8-19(32)28(31)29(22)33/h6-13,15-16,18H,4-5,14H2,1-3H3,(H,36,39)(H,34,35,37). The maximum atomic E-state index is 14.9. The van der Waals surface area contributed by atoms with Gasteiger partial charge >= 0.3 is 0 Å². The van der Waals surface area contributed by atoms with Gasteiger partial charge in [0, 0.05) is 23.4 Å². The van der Waals surface area contributed by atoms with E-state index >= 15 is 0 Å². The summed E-state index contributed by atoms with van der Waals surface area (Å²) in [5.41, 5.74) is 2.11. The van der Waals surface area contributed by atoms with Gasteiger partial charge in [0.15, 0.2) is 17.3 Å². The maximum absolute atomic E-state index is 14.9. The number of carbonyl (C=O) groups excluding carboxylic acids is 1. The van der Waals surface area contributed by atoms with Gasteiger partial charge in [-0.3, -0.25) is 9.69 Å². The van der Waals surface area contributed by atoms with Crippen molar-refractivity contribution in [3.05, 3.63) is 77.6 Å². The lowest BCUT2D eigenvalue weighted by Gasteiger charge is -2.18. The van der Waals surface area contributed by atoms with Crippen molar-refractivity contribution in [3.63, 3.8) is 0 Å². The molecule has 5 rings (SSSR count). The molecule has 1 amide bonds. The minimum absolute atomic E-state index is 0.0762. The molecule has 0 spiro atoms. The summed E-state index contributed by atoms with van der Waals surface area (Å²) in [4.78, 5) is 24.1. The molecule has 11 heteroatoms. The van der Waals surface area contributed by atoms with Gasteiger partial charge in [0.1, 0.15) is 23.0 Å². The van der Waals surface area contributed by atoms with Gasteiger partial charge in [0.05, 0.1) is 30.8 Å². The summed E-state index contributed by atoms with van der Waals surface area (Å²) in [6.07, 6.45) is 6.83. The van der Waals surface area contributed by atoms with Crippen LogP contribution in [0, 0.1) is 11.6 Å². The third kappa shape index (κ3) is 5.79. The van der Waals surface area contributed by atoms with Crippen LogP contribution in [0.3, 0.4) is 0 Å². The predicted octanol–water partition coefficient (Wildman–Crippen LogP) is 6.58. The topological polar surface area (TPSA) is 88.6 Å². The number of methoxy groups -OCH3 is 2. The molecular formula is C30H28ClF2N5O3. The number of aromatic nitrogens is 2.